The van der Waals surface area contributed by atoms with E-state index < -0.39 is 16.1 Å². The predicted octanol–water partition coefficient (Wildman–Crippen LogP) is 2.09. The van der Waals surface area contributed by atoms with Gasteiger partial charge in [0, 0.05) is 30.2 Å². The molecule has 1 amide bonds. The maximum atomic E-state index is 12.7. The van der Waals surface area contributed by atoms with E-state index >= 15 is 0 Å². The SMILES string of the molecule is CN(C(=O)[C@@H]1CCCN1C#N)c1nc(-c2cccc(NS(C)(=O)=O)c2)cs1. The zero-order valence-corrected chi connectivity index (χ0v) is 16.5. The maximum Gasteiger partial charge on any atom is 0.251 e. The van der Waals surface area contributed by atoms with Crippen LogP contribution in [0.2, 0.25) is 0 Å². The number of nitrogens with zero attached hydrogens (tertiary/aromatic N) is 4. The monoisotopic (exact) mass is 405 g/mol. The van der Waals surface area contributed by atoms with Gasteiger partial charge in [-0.05, 0) is 25.0 Å². The molecule has 0 unspecified atom stereocenters. The topological polar surface area (TPSA) is 106 Å². The lowest BCUT2D eigenvalue weighted by molar-refractivity contribution is -0.121. The molecule has 8 nitrogen and oxygen atoms in total. The summed E-state index contributed by atoms with van der Waals surface area (Å²) in [6.45, 7) is 0.601. The summed E-state index contributed by atoms with van der Waals surface area (Å²) in [5.41, 5.74) is 1.84. The van der Waals surface area contributed by atoms with Crippen LogP contribution in [0.5, 0.6) is 0 Å². The highest BCUT2D eigenvalue weighted by atomic mass is 32.2. The van der Waals surface area contributed by atoms with Crippen molar-refractivity contribution in [2.45, 2.75) is 18.9 Å². The number of benzene rings is 1. The van der Waals surface area contributed by atoms with Crippen molar-refractivity contribution in [1.29, 1.82) is 5.26 Å². The Labute approximate surface area is 162 Å². The average molecular weight is 406 g/mol. The van der Waals surface area contributed by atoms with Crippen LogP contribution in [0, 0.1) is 11.5 Å². The van der Waals surface area contributed by atoms with Gasteiger partial charge in [0.1, 0.15) is 6.04 Å². The van der Waals surface area contributed by atoms with Crippen LogP contribution in [-0.4, -0.2) is 50.1 Å². The summed E-state index contributed by atoms with van der Waals surface area (Å²) in [6.07, 6.45) is 4.64. The maximum absolute atomic E-state index is 12.7. The molecule has 142 valence electrons. The van der Waals surface area contributed by atoms with Crippen LogP contribution < -0.4 is 9.62 Å². The number of rotatable bonds is 5. The summed E-state index contributed by atoms with van der Waals surface area (Å²) in [5.74, 6) is -0.151. The first-order valence-electron chi connectivity index (χ1n) is 8.26. The summed E-state index contributed by atoms with van der Waals surface area (Å²) in [5, 5.41) is 11.5. The highest BCUT2D eigenvalue weighted by Crippen LogP contribution is 2.30. The molecule has 27 heavy (non-hydrogen) atoms. The highest BCUT2D eigenvalue weighted by Gasteiger charge is 2.33. The van der Waals surface area contributed by atoms with Gasteiger partial charge in [-0.2, -0.15) is 5.26 Å². The molecule has 10 heteroatoms. The minimum absolute atomic E-state index is 0.151. The van der Waals surface area contributed by atoms with E-state index in [-0.39, 0.29) is 5.91 Å². The summed E-state index contributed by atoms with van der Waals surface area (Å²) in [6, 6.07) is 6.47. The molecule has 1 aromatic heterocycles. The van der Waals surface area contributed by atoms with Gasteiger partial charge in [-0.1, -0.05) is 12.1 Å². The number of nitrogens with one attached hydrogen (secondary N) is 1. The summed E-state index contributed by atoms with van der Waals surface area (Å²) >= 11 is 1.32. The molecule has 0 aliphatic carbocycles. The van der Waals surface area contributed by atoms with E-state index in [1.807, 2.05) is 11.4 Å². The number of likely N-dealkylation sites (N-methyl/N-ethyl adjacent to an activating group) is 1. The summed E-state index contributed by atoms with van der Waals surface area (Å²) in [4.78, 5) is 20.2. The molecule has 0 saturated carbocycles. The van der Waals surface area contributed by atoms with E-state index in [4.69, 9.17) is 5.26 Å². The minimum atomic E-state index is -3.36. The summed E-state index contributed by atoms with van der Waals surface area (Å²) in [7, 11) is -1.71. The largest absolute Gasteiger partial charge is 0.298 e. The number of hydrogen-bond acceptors (Lipinski definition) is 7. The van der Waals surface area contributed by atoms with Crippen LogP contribution >= 0.6 is 11.3 Å². The van der Waals surface area contributed by atoms with Crippen LogP contribution in [0.3, 0.4) is 0 Å². The fourth-order valence-electron chi connectivity index (χ4n) is 2.97. The first kappa shape index (κ1) is 19.1. The van der Waals surface area contributed by atoms with E-state index in [1.165, 1.54) is 21.1 Å². The third-order valence-corrected chi connectivity index (χ3v) is 5.76. The van der Waals surface area contributed by atoms with Gasteiger partial charge in [0.15, 0.2) is 11.3 Å². The second kappa shape index (κ2) is 7.54. The van der Waals surface area contributed by atoms with Gasteiger partial charge in [-0.3, -0.25) is 19.3 Å². The Hall–Kier alpha value is -2.64. The summed E-state index contributed by atoms with van der Waals surface area (Å²) < 4.78 is 25.2. The van der Waals surface area contributed by atoms with Gasteiger partial charge < -0.3 is 0 Å². The molecule has 3 rings (SSSR count). The number of amides is 1. The van der Waals surface area contributed by atoms with Gasteiger partial charge in [0.25, 0.3) is 5.91 Å². The molecular formula is C17H19N5O3S2. The average Bonchev–Trinajstić information content (AvgIpc) is 3.28. The van der Waals surface area contributed by atoms with Crippen molar-refractivity contribution >= 4 is 38.1 Å². The second-order valence-electron chi connectivity index (χ2n) is 6.32. The van der Waals surface area contributed by atoms with Crippen LogP contribution in [0.4, 0.5) is 10.8 Å². The Morgan fingerprint density at radius 1 is 1.48 bits per heavy atom. The Bertz CT molecular complexity index is 996. The molecule has 1 aliphatic heterocycles. The van der Waals surface area contributed by atoms with E-state index in [0.29, 0.717) is 29.5 Å². The Morgan fingerprint density at radius 2 is 2.26 bits per heavy atom. The number of carbonyl (C=O) groups excluding carboxylic acids is 1. The number of anilines is 2. The zero-order chi connectivity index (χ0) is 19.6. The fraction of sp³-hybridized carbons (Fsp3) is 0.353. The molecule has 1 aliphatic rings. The molecule has 2 heterocycles. The van der Waals surface area contributed by atoms with Crippen LogP contribution in [0.1, 0.15) is 12.8 Å². The van der Waals surface area contributed by atoms with Crippen LogP contribution in [-0.2, 0) is 14.8 Å². The molecule has 0 spiro atoms. The lowest BCUT2D eigenvalue weighted by Crippen LogP contribution is -2.42. The highest BCUT2D eigenvalue weighted by molar-refractivity contribution is 7.92. The van der Waals surface area contributed by atoms with Crippen molar-refractivity contribution in [1.82, 2.24) is 9.88 Å². The third kappa shape index (κ3) is 4.37. The lowest BCUT2D eigenvalue weighted by atomic mass is 10.1. The van der Waals surface area contributed by atoms with E-state index in [0.717, 1.165) is 18.2 Å². The van der Waals surface area contributed by atoms with Crippen LogP contribution in [0.15, 0.2) is 29.6 Å². The van der Waals surface area contributed by atoms with Crippen molar-refractivity contribution in [2.24, 2.45) is 0 Å². The van der Waals surface area contributed by atoms with Crippen LogP contribution in [0.25, 0.3) is 11.3 Å². The molecule has 1 N–H and O–H groups in total. The van der Waals surface area contributed by atoms with Gasteiger partial charge in [-0.15, -0.1) is 11.3 Å². The van der Waals surface area contributed by atoms with Crippen molar-refractivity contribution in [3.63, 3.8) is 0 Å². The number of sulfonamides is 1. The standard InChI is InChI=1S/C17H19N5O3S2/c1-21(16(23)15-7-4-8-22(15)11-18)17-19-14(10-26-17)12-5-3-6-13(9-12)20-27(2,24)25/h3,5-6,9-10,15,20H,4,7-8H2,1-2H3/t15-/m0/s1. The van der Waals surface area contributed by atoms with Gasteiger partial charge in [-0.25, -0.2) is 13.4 Å². The molecular weight excluding hydrogens is 386 g/mol. The Balaban J connectivity index is 1.79. The predicted molar refractivity (Wildman–Crippen MR) is 105 cm³/mol. The Kier molecular flexibility index (Phi) is 5.34. The van der Waals surface area contributed by atoms with Crippen molar-refractivity contribution in [3.05, 3.63) is 29.6 Å². The number of carbonyl (C=O) groups is 1. The molecule has 0 bridgehead atoms. The fourth-order valence-corrected chi connectivity index (χ4v) is 4.33. The van der Waals surface area contributed by atoms with Gasteiger partial charge >= 0.3 is 0 Å². The number of thiazole rings is 1. The van der Waals surface area contributed by atoms with Crippen molar-refractivity contribution < 1.29 is 13.2 Å². The normalized spacial score (nSPS) is 16.8. The van der Waals surface area contributed by atoms with E-state index in [1.54, 1.807) is 25.2 Å². The number of nitriles is 1. The number of hydrogen-bond donors (Lipinski definition) is 1. The molecule has 1 saturated heterocycles. The van der Waals surface area contributed by atoms with Crippen molar-refractivity contribution in [3.8, 4) is 17.5 Å². The third-order valence-electron chi connectivity index (χ3n) is 4.24. The van der Waals surface area contributed by atoms with Crippen molar-refractivity contribution in [2.75, 3.05) is 29.5 Å². The zero-order valence-electron chi connectivity index (χ0n) is 14.9. The first-order chi connectivity index (χ1) is 12.8. The molecule has 1 fully saturated rings. The molecule has 1 atom stereocenters. The molecule has 2 aromatic rings. The Morgan fingerprint density at radius 3 is 2.96 bits per heavy atom. The van der Waals surface area contributed by atoms with Gasteiger partial charge in [0.05, 0.1) is 11.9 Å². The quantitative estimate of drug-likeness (QED) is 0.764. The van der Waals surface area contributed by atoms with E-state index in [2.05, 4.69) is 15.9 Å². The minimum Gasteiger partial charge on any atom is -0.298 e. The number of aromatic nitrogens is 1. The molecule has 0 radical (unpaired) electrons. The van der Waals surface area contributed by atoms with Gasteiger partial charge in [0.2, 0.25) is 10.0 Å². The second-order valence-corrected chi connectivity index (χ2v) is 8.90. The first-order valence-corrected chi connectivity index (χ1v) is 11.0. The lowest BCUT2D eigenvalue weighted by Gasteiger charge is -2.22. The van der Waals surface area contributed by atoms with E-state index in [9.17, 15) is 13.2 Å². The smallest absolute Gasteiger partial charge is 0.251 e. The number of likely N-dealkylation sites (tertiary alicyclic amines) is 1. The molecule has 1 aromatic carbocycles.